The molecular formula is C14H10INO3S. The van der Waals surface area contributed by atoms with Crippen LogP contribution in [0.5, 0.6) is 5.75 Å². The first-order valence-corrected chi connectivity index (χ1v) is 7.48. The largest absolute Gasteiger partial charge is 0.496 e. The molecule has 1 heterocycles. The number of carbonyl (C=O) groups excluding carboxylic acids is 2. The number of hydrogen-bond acceptors (Lipinski definition) is 4. The molecule has 4 nitrogen and oxygen atoms in total. The van der Waals surface area contributed by atoms with Crippen molar-refractivity contribution in [3.8, 4) is 18.1 Å². The predicted octanol–water partition coefficient (Wildman–Crippen LogP) is 2.97. The lowest BCUT2D eigenvalue weighted by Gasteiger charge is -2.06. The molecule has 1 aliphatic rings. The number of terminal acetylenes is 1. The van der Waals surface area contributed by atoms with Crippen molar-refractivity contribution in [2.75, 3.05) is 13.7 Å². The van der Waals surface area contributed by atoms with Crippen molar-refractivity contribution in [2.45, 2.75) is 0 Å². The maximum Gasteiger partial charge on any atom is 0.294 e. The quantitative estimate of drug-likeness (QED) is 0.446. The molecule has 1 aliphatic heterocycles. The van der Waals surface area contributed by atoms with E-state index in [1.165, 1.54) is 0 Å². The Balaban J connectivity index is 2.28. The molecule has 0 aromatic heterocycles. The summed E-state index contributed by atoms with van der Waals surface area (Å²) in [6, 6.07) is 5.53. The summed E-state index contributed by atoms with van der Waals surface area (Å²) < 4.78 is 6.10. The second-order valence-electron chi connectivity index (χ2n) is 3.87. The SMILES string of the molecule is C#CCN1C(=O)SC(=Cc2ccc(OC)c(I)c2)C1=O. The molecular weight excluding hydrogens is 389 g/mol. The van der Waals surface area contributed by atoms with Crippen molar-refractivity contribution in [3.63, 3.8) is 0 Å². The van der Waals surface area contributed by atoms with Crippen LogP contribution in [0.25, 0.3) is 6.08 Å². The van der Waals surface area contributed by atoms with Gasteiger partial charge in [0.25, 0.3) is 11.1 Å². The minimum Gasteiger partial charge on any atom is -0.496 e. The van der Waals surface area contributed by atoms with Gasteiger partial charge >= 0.3 is 0 Å². The summed E-state index contributed by atoms with van der Waals surface area (Å²) in [6.07, 6.45) is 6.83. The summed E-state index contributed by atoms with van der Waals surface area (Å²) in [6.45, 7) is 0.00214. The van der Waals surface area contributed by atoms with Crippen LogP contribution < -0.4 is 4.74 Å². The van der Waals surface area contributed by atoms with E-state index in [1.807, 2.05) is 18.2 Å². The zero-order valence-corrected chi connectivity index (χ0v) is 13.5. The number of hydrogen-bond donors (Lipinski definition) is 0. The Labute approximate surface area is 134 Å². The number of rotatable bonds is 3. The van der Waals surface area contributed by atoms with Crippen molar-refractivity contribution in [2.24, 2.45) is 0 Å². The number of carbonyl (C=O) groups is 2. The van der Waals surface area contributed by atoms with Gasteiger partial charge in [-0.2, -0.15) is 0 Å². The fraction of sp³-hybridized carbons (Fsp3) is 0.143. The zero-order chi connectivity index (χ0) is 14.7. The molecule has 0 N–H and O–H groups in total. The third-order valence-electron chi connectivity index (χ3n) is 2.60. The molecule has 102 valence electrons. The van der Waals surface area contributed by atoms with E-state index in [4.69, 9.17) is 11.2 Å². The summed E-state index contributed by atoms with van der Waals surface area (Å²) in [4.78, 5) is 25.1. The summed E-state index contributed by atoms with van der Waals surface area (Å²) in [5.74, 6) is 2.73. The average molecular weight is 399 g/mol. The lowest BCUT2D eigenvalue weighted by atomic mass is 10.2. The van der Waals surface area contributed by atoms with Crippen molar-refractivity contribution in [3.05, 3.63) is 32.2 Å². The molecule has 0 bridgehead atoms. The van der Waals surface area contributed by atoms with E-state index in [2.05, 4.69) is 28.5 Å². The fourth-order valence-corrected chi connectivity index (χ4v) is 3.25. The van der Waals surface area contributed by atoms with E-state index in [1.54, 1.807) is 13.2 Å². The number of imide groups is 1. The molecule has 0 aliphatic carbocycles. The molecule has 2 rings (SSSR count). The van der Waals surface area contributed by atoms with Crippen LogP contribution in [0, 0.1) is 15.9 Å². The van der Waals surface area contributed by atoms with Crippen LogP contribution in [0.15, 0.2) is 23.1 Å². The van der Waals surface area contributed by atoms with E-state index in [0.717, 1.165) is 31.5 Å². The van der Waals surface area contributed by atoms with E-state index in [9.17, 15) is 9.59 Å². The van der Waals surface area contributed by atoms with E-state index in [0.29, 0.717) is 4.91 Å². The van der Waals surface area contributed by atoms with Crippen LogP contribution in [-0.4, -0.2) is 29.7 Å². The van der Waals surface area contributed by atoms with Gasteiger partial charge in [0.1, 0.15) is 5.75 Å². The van der Waals surface area contributed by atoms with Crippen molar-refractivity contribution in [1.29, 1.82) is 0 Å². The highest BCUT2D eigenvalue weighted by Gasteiger charge is 2.34. The van der Waals surface area contributed by atoms with Crippen LogP contribution in [0.2, 0.25) is 0 Å². The first-order valence-electron chi connectivity index (χ1n) is 5.59. The molecule has 20 heavy (non-hydrogen) atoms. The Hall–Kier alpha value is -1.46. The van der Waals surface area contributed by atoms with E-state index in [-0.39, 0.29) is 17.7 Å². The summed E-state index contributed by atoms with van der Waals surface area (Å²) >= 11 is 3.05. The Morgan fingerprint density at radius 3 is 2.85 bits per heavy atom. The van der Waals surface area contributed by atoms with E-state index < -0.39 is 0 Å². The molecule has 0 atom stereocenters. The molecule has 0 spiro atoms. The summed E-state index contributed by atoms with van der Waals surface area (Å²) in [5.41, 5.74) is 0.835. The fourth-order valence-electron chi connectivity index (χ4n) is 1.65. The Bertz CT molecular complexity index is 648. The second-order valence-corrected chi connectivity index (χ2v) is 6.02. The van der Waals surface area contributed by atoms with Gasteiger partial charge in [-0.3, -0.25) is 14.5 Å². The molecule has 1 aromatic rings. The highest BCUT2D eigenvalue weighted by atomic mass is 127. The first-order chi connectivity index (χ1) is 9.56. The van der Waals surface area contributed by atoms with Crippen LogP contribution in [0.3, 0.4) is 0 Å². The van der Waals surface area contributed by atoms with Crippen molar-refractivity contribution < 1.29 is 14.3 Å². The van der Waals surface area contributed by atoms with E-state index >= 15 is 0 Å². The Kier molecular flexibility index (Phi) is 4.73. The average Bonchev–Trinajstić information content (AvgIpc) is 2.67. The number of amides is 2. The number of halogens is 1. The normalized spacial score (nSPS) is 16.6. The molecule has 0 saturated carbocycles. The van der Waals surface area contributed by atoms with Crippen LogP contribution in [-0.2, 0) is 4.79 Å². The van der Waals surface area contributed by atoms with Gasteiger partial charge in [0.2, 0.25) is 0 Å². The molecule has 1 fully saturated rings. The number of nitrogens with zero attached hydrogens (tertiary/aromatic N) is 1. The smallest absolute Gasteiger partial charge is 0.294 e. The van der Waals surface area contributed by atoms with Gasteiger partial charge in [0.15, 0.2) is 0 Å². The summed E-state index contributed by atoms with van der Waals surface area (Å²) in [7, 11) is 1.60. The number of benzene rings is 1. The maximum absolute atomic E-state index is 12.0. The third-order valence-corrected chi connectivity index (χ3v) is 4.35. The number of thioether (sulfide) groups is 1. The highest BCUT2D eigenvalue weighted by molar-refractivity contribution is 14.1. The lowest BCUT2D eigenvalue weighted by molar-refractivity contribution is -0.122. The number of methoxy groups -OCH3 is 1. The molecule has 0 unspecified atom stereocenters. The predicted molar refractivity (Wildman–Crippen MR) is 87.2 cm³/mol. The van der Waals surface area contributed by atoms with Crippen LogP contribution >= 0.6 is 34.4 Å². The van der Waals surface area contributed by atoms with Gasteiger partial charge < -0.3 is 4.74 Å². The summed E-state index contributed by atoms with van der Waals surface area (Å²) in [5, 5.41) is -0.331. The van der Waals surface area contributed by atoms with Gasteiger partial charge in [0, 0.05) is 0 Å². The Morgan fingerprint density at radius 2 is 2.25 bits per heavy atom. The minimum absolute atomic E-state index is 0.00214. The molecule has 0 radical (unpaired) electrons. The van der Waals surface area contributed by atoms with Gasteiger partial charge in [-0.25, -0.2) is 0 Å². The molecule has 2 amide bonds. The van der Waals surface area contributed by atoms with Crippen molar-refractivity contribution in [1.82, 2.24) is 4.90 Å². The zero-order valence-electron chi connectivity index (χ0n) is 10.6. The standard InChI is InChI=1S/C14H10INO3S/c1-3-6-16-13(17)12(20-14(16)18)8-9-4-5-11(19-2)10(15)7-9/h1,4-5,7-8H,6H2,2H3. The van der Waals surface area contributed by atoms with Crippen LogP contribution in [0.1, 0.15) is 5.56 Å². The van der Waals surface area contributed by atoms with Crippen LogP contribution in [0.4, 0.5) is 4.79 Å². The lowest BCUT2D eigenvalue weighted by Crippen LogP contribution is -2.28. The topological polar surface area (TPSA) is 46.6 Å². The van der Waals surface area contributed by atoms with Gasteiger partial charge in [-0.1, -0.05) is 12.0 Å². The van der Waals surface area contributed by atoms with Gasteiger partial charge in [0.05, 0.1) is 22.1 Å². The second kappa shape index (κ2) is 6.33. The highest BCUT2D eigenvalue weighted by Crippen LogP contribution is 2.32. The molecule has 1 aromatic carbocycles. The van der Waals surface area contributed by atoms with Crippen molar-refractivity contribution >= 4 is 51.6 Å². The Morgan fingerprint density at radius 1 is 1.50 bits per heavy atom. The molecule has 6 heteroatoms. The van der Waals surface area contributed by atoms with Gasteiger partial charge in [-0.05, 0) is 58.1 Å². The number of ether oxygens (including phenoxy) is 1. The molecule has 1 saturated heterocycles. The van der Waals surface area contributed by atoms with Gasteiger partial charge in [-0.15, -0.1) is 6.42 Å². The maximum atomic E-state index is 12.0. The first kappa shape index (κ1) is 14.9. The monoisotopic (exact) mass is 399 g/mol. The third kappa shape index (κ3) is 2.99. The minimum atomic E-state index is -0.344.